The maximum Gasteiger partial charge on any atom is 0.265 e. The normalized spacial score (nSPS) is 15.2. The summed E-state index contributed by atoms with van der Waals surface area (Å²) in [6.07, 6.45) is 1.90. The summed E-state index contributed by atoms with van der Waals surface area (Å²) in [6, 6.07) is 14.9. The van der Waals surface area contributed by atoms with E-state index in [1.165, 1.54) is 18.5 Å². The fourth-order valence-electron chi connectivity index (χ4n) is 2.75. The summed E-state index contributed by atoms with van der Waals surface area (Å²) in [5.74, 6) is 0.435. The minimum Gasteiger partial charge on any atom is -0.481 e. The zero-order chi connectivity index (χ0) is 16.9. The molecule has 1 N–H and O–H groups in total. The van der Waals surface area contributed by atoms with Gasteiger partial charge in [0.2, 0.25) is 0 Å². The van der Waals surface area contributed by atoms with Gasteiger partial charge in [-0.2, -0.15) is 0 Å². The van der Waals surface area contributed by atoms with Crippen molar-refractivity contribution in [3.63, 3.8) is 0 Å². The van der Waals surface area contributed by atoms with E-state index in [2.05, 4.69) is 10.2 Å². The maximum atomic E-state index is 12.3. The Hall–Kier alpha value is -2.20. The van der Waals surface area contributed by atoms with Gasteiger partial charge >= 0.3 is 0 Å². The fourth-order valence-corrected chi connectivity index (χ4v) is 2.87. The van der Waals surface area contributed by atoms with Crippen LogP contribution in [0.15, 0.2) is 48.5 Å². The predicted octanol–water partition coefficient (Wildman–Crippen LogP) is 4.35. The van der Waals surface area contributed by atoms with E-state index in [-0.39, 0.29) is 5.91 Å². The largest absolute Gasteiger partial charge is 0.481 e. The molecule has 1 atom stereocenters. The molecule has 0 radical (unpaired) electrons. The Labute approximate surface area is 147 Å². The summed E-state index contributed by atoms with van der Waals surface area (Å²) in [5.41, 5.74) is 1.98. The molecule has 3 rings (SSSR count). The van der Waals surface area contributed by atoms with Crippen LogP contribution in [0.2, 0.25) is 5.02 Å². The molecule has 126 valence electrons. The minimum atomic E-state index is -0.593. The molecule has 24 heavy (non-hydrogen) atoms. The molecule has 2 aromatic carbocycles. The number of nitrogens with zero attached hydrogens (tertiary/aromatic N) is 1. The van der Waals surface area contributed by atoms with E-state index in [0.717, 1.165) is 18.8 Å². The molecule has 0 spiro atoms. The zero-order valence-electron chi connectivity index (χ0n) is 13.7. The van der Waals surface area contributed by atoms with E-state index in [9.17, 15) is 4.79 Å². The number of hydrogen-bond acceptors (Lipinski definition) is 3. The van der Waals surface area contributed by atoms with Crippen LogP contribution in [0.3, 0.4) is 0 Å². The van der Waals surface area contributed by atoms with Crippen LogP contribution in [0.25, 0.3) is 0 Å². The van der Waals surface area contributed by atoms with E-state index in [0.29, 0.717) is 10.8 Å². The number of carbonyl (C=O) groups is 1. The standard InChI is InChI=1S/C19H21ClN2O2/c1-14(24-18-10-4-15(20)5-11-18)19(23)21-16-6-8-17(9-7-16)22-12-2-3-13-22/h4-11,14H,2-3,12-13H2,1H3,(H,21,23)/t14-/m0/s1. The Kier molecular flexibility index (Phi) is 5.26. The third kappa shape index (κ3) is 4.20. The lowest BCUT2D eigenvalue weighted by Gasteiger charge is -2.18. The molecule has 5 heteroatoms. The van der Waals surface area contributed by atoms with Crippen LogP contribution >= 0.6 is 11.6 Å². The molecule has 1 aliphatic heterocycles. The van der Waals surface area contributed by atoms with Crippen molar-refractivity contribution in [2.24, 2.45) is 0 Å². The van der Waals surface area contributed by atoms with E-state index in [1.807, 2.05) is 24.3 Å². The van der Waals surface area contributed by atoms with Gasteiger partial charge in [-0.1, -0.05) is 11.6 Å². The van der Waals surface area contributed by atoms with E-state index in [1.54, 1.807) is 31.2 Å². The van der Waals surface area contributed by atoms with Gasteiger partial charge in [-0.25, -0.2) is 0 Å². The molecule has 1 aliphatic rings. The first-order valence-electron chi connectivity index (χ1n) is 8.20. The Balaban J connectivity index is 1.56. The minimum absolute atomic E-state index is 0.182. The first kappa shape index (κ1) is 16.7. The average molecular weight is 345 g/mol. The van der Waals surface area contributed by atoms with E-state index in [4.69, 9.17) is 16.3 Å². The number of benzene rings is 2. The zero-order valence-corrected chi connectivity index (χ0v) is 14.4. The summed E-state index contributed by atoms with van der Waals surface area (Å²) in [4.78, 5) is 14.6. The van der Waals surface area contributed by atoms with Gasteiger partial charge in [0.1, 0.15) is 5.75 Å². The Morgan fingerprint density at radius 2 is 1.71 bits per heavy atom. The number of hydrogen-bond donors (Lipinski definition) is 1. The molecule has 4 nitrogen and oxygen atoms in total. The van der Waals surface area contributed by atoms with Gasteiger partial charge in [-0.15, -0.1) is 0 Å². The van der Waals surface area contributed by atoms with Crippen molar-refractivity contribution in [2.45, 2.75) is 25.9 Å². The Morgan fingerprint density at radius 1 is 1.08 bits per heavy atom. The second kappa shape index (κ2) is 7.58. The third-order valence-corrected chi connectivity index (χ3v) is 4.35. The smallest absolute Gasteiger partial charge is 0.265 e. The van der Waals surface area contributed by atoms with Crippen LogP contribution in [-0.4, -0.2) is 25.1 Å². The number of anilines is 2. The molecular formula is C19H21ClN2O2. The lowest BCUT2D eigenvalue weighted by molar-refractivity contribution is -0.122. The topological polar surface area (TPSA) is 41.6 Å². The number of halogens is 1. The first-order chi connectivity index (χ1) is 11.6. The van der Waals surface area contributed by atoms with Gasteiger partial charge in [0.15, 0.2) is 6.10 Å². The van der Waals surface area contributed by atoms with E-state index < -0.39 is 6.10 Å². The number of nitrogens with one attached hydrogen (secondary N) is 1. The molecule has 0 unspecified atom stereocenters. The summed E-state index contributed by atoms with van der Waals surface area (Å²) >= 11 is 5.84. The molecule has 1 fully saturated rings. The molecule has 1 amide bonds. The highest BCUT2D eigenvalue weighted by atomic mass is 35.5. The van der Waals surface area contributed by atoms with Crippen LogP contribution in [0.4, 0.5) is 11.4 Å². The average Bonchev–Trinajstić information content (AvgIpc) is 3.12. The van der Waals surface area contributed by atoms with Gasteiger partial charge in [-0.3, -0.25) is 4.79 Å². The summed E-state index contributed by atoms with van der Waals surface area (Å²) in [7, 11) is 0. The Morgan fingerprint density at radius 3 is 2.33 bits per heavy atom. The van der Waals surface area contributed by atoms with Crippen LogP contribution in [0, 0.1) is 0 Å². The van der Waals surface area contributed by atoms with E-state index >= 15 is 0 Å². The van der Waals surface area contributed by atoms with Crippen LogP contribution < -0.4 is 15.0 Å². The second-order valence-electron chi connectivity index (χ2n) is 5.94. The molecule has 1 saturated heterocycles. The van der Waals surface area contributed by atoms with Crippen molar-refractivity contribution >= 4 is 28.9 Å². The maximum absolute atomic E-state index is 12.3. The van der Waals surface area contributed by atoms with Gasteiger partial charge in [-0.05, 0) is 68.3 Å². The number of carbonyl (C=O) groups excluding carboxylic acids is 1. The molecular weight excluding hydrogens is 324 g/mol. The van der Waals surface area contributed by atoms with Gasteiger partial charge in [0.25, 0.3) is 5.91 Å². The van der Waals surface area contributed by atoms with Crippen LogP contribution in [0.5, 0.6) is 5.75 Å². The van der Waals surface area contributed by atoms with Crippen molar-refractivity contribution < 1.29 is 9.53 Å². The molecule has 0 saturated carbocycles. The van der Waals surface area contributed by atoms with Crippen molar-refractivity contribution in [1.29, 1.82) is 0 Å². The highest BCUT2D eigenvalue weighted by molar-refractivity contribution is 6.30. The summed E-state index contributed by atoms with van der Waals surface area (Å²) in [6.45, 7) is 3.94. The SMILES string of the molecule is C[C@H](Oc1ccc(Cl)cc1)C(=O)Nc1ccc(N2CCCC2)cc1. The summed E-state index contributed by atoms with van der Waals surface area (Å²) < 4.78 is 5.63. The van der Waals surface area contributed by atoms with Crippen molar-refractivity contribution in [2.75, 3.05) is 23.3 Å². The number of rotatable bonds is 5. The Bertz CT molecular complexity index is 680. The van der Waals surface area contributed by atoms with Crippen LogP contribution in [0.1, 0.15) is 19.8 Å². The quantitative estimate of drug-likeness (QED) is 0.876. The van der Waals surface area contributed by atoms with Gasteiger partial charge < -0.3 is 15.0 Å². The van der Waals surface area contributed by atoms with Crippen LogP contribution in [-0.2, 0) is 4.79 Å². The fraction of sp³-hybridized carbons (Fsp3) is 0.316. The molecule has 2 aromatic rings. The van der Waals surface area contributed by atoms with Crippen molar-refractivity contribution in [3.8, 4) is 5.75 Å². The first-order valence-corrected chi connectivity index (χ1v) is 8.58. The molecule has 0 aliphatic carbocycles. The van der Waals surface area contributed by atoms with Gasteiger partial charge in [0.05, 0.1) is 0 Å². The lowest BCUT2D eigenvalue weighted by atomic mass is 10.2. The monoisotopic (exact) mass is 344 g/mol. The predicted molar refractivity (Wildman–Crippen MR) is 98.1 cm³/mol. The lowest BCUT2D eigenvalue weighted by Crippen LogP contribution is -2.30. The highest BCUT2D eigenvalue weighted by Crippen LogP contribution is 2.22. The van der Waals surface area contributed by atoms with Crippen molar-refractivity contribution in [3.05, 3.63) is 53.6 Å². The molecule has 1 heterocycles. The molecule has 0 aromatic heterocycles. The number of amides is 1. The third-order valence-electron chi connectivity index (χ3n) is 4.10. The number of ether oxygens (including phenoxy) is 1. The van der Waals surface area contributed by atoms with Gasteiger partial charge in [0, 0.05) is 29.5 Å². The van der Waals surface area contributed by atoms with Crippen molar-refractivity contribution in [1.82, 2.24) is 0 Å². The second-order valence-corrected chi connectivity index (χ2v) is 6.38. The summed E-state index contributed by atoms with van der Waals surface area (Å²) in [5, 5.41) is 3.52. The highest BCUT2D eigenvalue weighted by Gasteiger charge is 2.16. The molecule has 0 bridgehead atoms.